The van der Waals surface area contributed by atoms with Gasteiger partial charge in [0.25, 0.3) is 0 Å². The van der Waals surface area contributed by atoms with E-state index in [4.69, 9.17) is 21.0 Å². The molecule has 4 nitrogen and oxygen atoms in total. The van der Waals surface area contributed by atoms with E-state index in [0.717, 1.165) is 44.4 Å². The van der Waals surface area contributed by atoms with Crippen molar-refractivity contribution in [1.82, 2.24) is 0 Å². The van der Waals surface area contributed by atoms with Gasteiger partial charge in [-0.25, -0.2) is 0 Å². The van der Waals surface area contributed by atoms with Crippen molar-refractivity contribution in [3.05, 3.63) is 101 Å². The lowest BCUT2D eigenvalue weighted by molar-refractivity contribution is 0.381. The van der Waals surface area contributed by atoms with Crippen LogP contribution in [0, 0.1) is 69.0 Å². The summed E-state index contributed by atoms with van der Waals surface area (Å²) < 4.78 is 0. The molecule has 0 aliphatic rings. The lowest BCUT2D eigenvalue weighted by Crippen LogP contribution is -2.04. The SMILES string of the molecule is C=C.C=CC#N.C=CC#N.C=CC(CCC=CCC)CC(C)C#N.C=CC=C.C=CCC.CCCCCCC(CC)CC(C)C#N.[HH]. The molecule has 0 aliphatic carbocycles. The second-order valence-corrected chi connectivity index (χ2v) is 9.94. The number of unbranched alkanes of at least 4 members (excludes halogenated alkanes) is 3. The van der Waals surface area contributed by atoms with Crippen molar-refractivity contribution in [3.8, 4) is 24.3 Å². The molecular weight excluding hydrogens is 560 g/mol. The Bertz CT molecular complexity index is 837. The third kappa shape index (κ3) is 77.6. The van der Waals surface area contributed by atoms with E-state index in [0.29, 0.717) is 5.92 Å². The first-order valence-electron chi connectivity index (χ1n) is 16.6. The van der Waals surface area contributed by atoms with Crippen molar-refractivity contribution in [2.45, 2.75) is 119 Å². The second-order valence-electron chi connectivity index (χ2n) is 9.94. The van der Waals surface area contributed by atoms with E-state index in [9.17, 15) is 0 Å². The lowest BCUT2D eigenvalue weighted by Gasteiger charge is -2.15. The van der Waals surface area contributed by atoms with Crippen molar-refractivity contribution < 1.29 is 1.43 Å². The van der Waals surface area contributed by atoms with E-state index in [1.807, 2.05) is 26.0 Å². The number of allylic oxidation sites excluding steroid dienone is 8. The van der Waals surface area contributed by atoms with Gasteiger partial charge < -0.3 is 0 Å². The fourth-order valence-electron chi connectivity index (χ4n) is 3.33. The van der Waals surface area contributed by atoms with Crippen LogP contribution >= 0.6 is 0 Å². The number of rotatable bonds is 17. The Morgan fingerprint density at radius 3 is 1.41 bits per heavy atom. The van der Waals surface area contributed by atoms with Gasteiger partial charge in [0, 0.05) is 25.4 Å². The van der Waals surface area contributed by atoms with Crippen LogP contribution in [0.25, 0.3) is 0 Å². The van der Waals surface area contributed by atoms with Crippen LogP contribution in [0.1, 0.15) is 120 Å². The minimum atomic E-state index is 0. The summed E-state index contributed by atoms with van der Waals surface area (Å²) in [6.07, 6.45) is 28.3. The zero-order valence-corrected chi connectivity index (χ0v) is 30.9. The third-order valence-electron chi connectivity index (χ3n) is 5.90. The van der Waals surface area contributed by atoms with E-state index in [2.05, 4.69) is 105 Å². The molecule has 0 saturated heterocycles. The van der Waals surface area contributed by atoms with Crippen LogP contribution in [0.5, 0.6) is 0 Å². The molecule has 4 atom stereocenters. The molecule has 0 saturated carbocycles. The topological polar surface area (TPSA) is 95.2 Å². The Hall–Kier alpha value is -4.12. The minimum Gasteiger partial charge on any atom is -0.198 e. The van der Waals surface area contributed by atoms with Crippen molar-refractivity contribution in [3.63, 3.8) is 0 Å². The predicted molar refractivity (Wildman–Crippen MR) is 210 cm³/mol. The molecular formula is C42H72N4. The average molecular weight is 633 g/mol. The Balaban J connectivity index is -0.0000000708. The molecule has 0 bridgehead atoms. The van der Waals surface area contributed by atoms with Crippen LogP contribution in [-0.2, 0) is 0 Å². The predicted octanol–water partition coefficient (Wildman–Crippen LogP) is 14.0. The summed E-state index contributed by atoms with van der Waals surface area (Å²) in [5, 5.41) is 32.4. The molecule has 0 aliphatic heterocycles. The zero-order valence-electron chi connectivity index (χ0n) is 30.9. The van der Waals surface area contributed by atoms with Gasteiger partial charge in [0.15, 0.2) is 0 Å². The Morgan fingerprint density at radius 1 is 0.652 bits per heavy atom. The summed E-state index contributed by atoms with van der Waals surface area (Å²) >= 11 is 0. The Morgan fingerprint density at radius 2 is 1.11 bits per heavy atom. The lowest BCUT2D eigenvalue weighted by atomic mass is 9.90. The summed E-state index contributed by atoms with van der Waals surface area (Å²) in [5.74, 6) is 1.66. The van der Waals surface area contributed by atoms with Crippen molar-refractivity contribution >= 4 is 0 Å². The van der Waals surface area contributed by atoms with E-state index < -0.39 is 0 Å². The van der Waals surface area contributed by atoms with Gasteiger partial charge in [-0.3, -0.25) is 0 Å². The third-order valence-corrected chi connectivity index (χ3v) is 5.90. The zero-order chi connectivity index (χ0) is 37.3. The molecule has 0 N–H and O–H groups in total. The molecule has 0 aromatic carbocycles. The van der Waals surface area contributed by atoms with Crippen LogP contribution < -0.4 is 0 Å². The number of hydrogen-bond acceptors (Lipinski definition) is 4. The van der Waals surface area contributed by atoms with Gasteiger partial charge in [-0.2, -0.15) is 21.0 Å². The van der Waals surface area contributed by atoms with Gasteiger partial charge in [0.2, 0.25) is 0 Å². The monoisotopic (exact) mass is 633 g/mol. The largest absolute Gasteiger partial charge is 0.198 e. The Labute approximate surface area is 289 Å². The highest BCUT2D eigenvalue weighted by atomic mass is 14.3. The van der Waals surface area contributed by atoms with Gasteiger partial charge in [-0.1, -0.05) is 129 Å². The molecule has 46 heavy (non-hydrogen) atoms. The number of hydrogen-bond donors (Lipinski definition) is 0. The summed E-state index contributed by atoms with van der Waals surface area (Å²) in [4.78, 5) is 0. The highest BCUT2D eigenvalue weighted by Gasteiger charge is 2.10. The van der Waals surface area contributed by atoms with Gasteiger partial charge in [0.1, 0.15) is 0 Å². The van der Waals surface area contributed by atoms with Crippen molar-refractivity contribution in [2.75, 3.05) is 0 Å². The molecule has 4 unspecified atom stereocenters. The van der Waals surface area contributed by atoms with Gasteiger partial charge in [0.05, 0.1) is 24.3 Å². The van der Waals surface area contributed by atoms with Crippen LogP contribution in [0.3, 0.4) is 0 Å². The van der Waals surface area contributed by atoms with Gasteiger partial charge >= 0.3 is 0 Å². The maximum atomic E-state index is 8.74. The molecule has 0 rings (SSSR count). The fraction of sp³-hybridized carbons (Fsp3) is 0.524. The minimum absolute atomic E-state index is 0. The summed E-state index contributed by atoms with van der Waals surface area (Å²) in [6, 6.07) is 7.99. The van der Waals surface area contributed by atoms with E-state index in [1.54, 1.807) is 24.3 Å². The quantitative estimate of drug-likeness (QED) is 0.0689. The molecule has 0 spiro atoms. The molecule has 0 amide bonds. The maximum absolute atomic E-state index is 8.74. The Kier molecular flexibility index (Phi) is 80.0. The normalized spacial score (nSPS) is 10.7. The van der Waals surface area contributed by atoms with E-state index >= 15 is 0 Å². The first kappa shape index (κ1) is 57.5. The summed E-state index contributed by atoms with van der Waals surface area (Å²) in [6.45, 7) is 38.9. The van der Waals surface area contributed by atoms with Crippen LogP contribution in [0.2, 0.25) is 0 Å². The van der Waals surface area contributed by atoms with E-state index in [-0.39, 0.29) is 13.3 Å². The van der Waals surface area contributed by atoms with Crippen LogP contribution in [-0.4, -0.2) is 0 Å². The first-order valence-corrected chi connectivity index (χ1v) is 16.6. The van der Waals surface area contributed by atoms with Crippen molar-refractivity contribution in [1.29, 1.82) is 21.0 Å². The van der Waals surface area contributed by atoms with Crippen LogP contribution in [0.4, 0.5) is 0 Å². The van der Waals surface area contributed by atoms with E-state index in [1.165, 1.54) is 50.7 Å². The smallest absolute Gasteiger partial charge is 0.0905 e. The molecule has 4 heteroatoms. The van der Waals surface area contributed by atoms with Crippen LogP contribution in [0.15, 0.2) is 101 Å². The highest BCUT2D eigenvalue weighted by molar-refractivity contribution is 4.94. The standard InChI is InChI=1S/C13H25N.C13H21N.C4H8.C4H6.2C3H3N.C2H4.H2/c2*1-4-6-7-8-9-13(5-2)10-12(3)11-14;2*1-3-4-2;2*1-2-3-4;1-2;/h12-13H,4-10H2,1-3H3;5-7,12-13H,2,4,8-10H2,1,3H3;3H,1,4H2,2H3;3-4H,1-2H2;2*2H,1H2;1-2H2;1H. The number of nitrogens with zero attached hydrogens (tertiary/aromatic N) is 4. The summed E-state index contributed by atoms with van der Waals surface area (Å²) in [7, 11) is 0. The summed E-state index contributed by atoms with van der Waals surface area (Å²) in [5.41, 5.74) is 0. The van der Waals surface area contributed by atoms with Gasteiger partial charge in [-0.05, 0) is 64.2 Å². The van der Waals surface area contributed by atoms with Gasteiger partial charge in [-0.15, -0.1) is 26.3 Å². The molecule has 260 valence electrons. The molecule has 0 radical (unpaired) electrons. The van der Waals surface area contributed by atoms with Crippen molar-refractivity contribution in [2.24, 2.45) is 23.7 Å². The molecule has 0 fully saturated rings. The first-order chi connectivity index (χ1) is 22.1. The average Bonchev–Trinajstić information content (AvgIpc) is 3.11. The molecule has 0 heterocycles. The molecule has 0 aromatic heterocycles. The fourth-order valence-corrected chi connectivity index (χ4v) is 3.33. The number of nitriles is 4. The maximum Gasteiger partial charge on any atom is 0.0905 e. The highest BCUT2D eigenvalue weighted by Crippen LogP contribution is 2.21. The molecule has 0 aromatic rings. The second kappa shape index (κ2) is 64.0.